The molecule has 1 aliphatic carbocycles. The zero-order valence-corrected chi connectivity index (χ0v) is 10.5. The maximum absolute atomic E-state index is 11.9. The van der Waals surface area contributed by atoms with Crippen LogP contribution in [0.3, 0.4) is 0 Å². The molecule has 2 amide bonds. The summed E-state index contributed by atoms with van der Waals surface area (Å²) in [4.78, 5) is 25.2. The van der Waals surface area contributed by atoms with Crippen molar-refractivity contribution >= 4 is 11.8 Å². The van der Waals surface area contributed by atoms with Crippen LogP contribution in [-0.2, 0) is 16.0 Å². The van der Waals surface area contributed by atoms with Gasteiger partial charge in [-0.1, -0.05) is 38.1 Å². The molecule has 2 aliphatic rings. The number of imide groups is 1. The first kappa shape index (κ1) is 11.2. The summed E-state index contributed by atoms with van der Waals surface area (Å²) in [7, 11) is 0. The zero-order valence-electron chi connectivity index (χ0n) is 10.5. The van der Waals surface area contributed by atoms with E-state index in [1.165, 1.54) is 22.6 Å². The summed E-state index contributed by atoms with van der Waals surface area (Å²) in [5.41, 5.74) is 2.23. The van der Waals surface area contributed by atoms with Crippen molar-refractivity contribution in [1.29, 1.82) is 0 Å². The molecule has 0 radical (unpaired) electrons. The van der Waals surface area contributed by atoms with Gasteiger partial charge in [-0.25, -0.2) is 0 Å². The number of benzene rings is 1. The second-order valence-electron chi connectivity index (χ2n) is 5.65. The van der Waals surface area contributed by atoms with Gasteiger partial charge in [0.25, 0.3) is 11.8 Å². The van der Waals surface area contributed by atoms with Crippen molar-refractivity contribution in [3.05, 3.63) is 47.5 Å². The fraction of sp³-hybridized carbons (Fsp3) is 0.333. The summed E-state index contributed by atoms with van der Waals surface area (Å²) in [6.07, 6.45) is 3.61. The number of hydrogen-bond donors (Lipinski definition) is 0. The molecule has 1 heterocycles. The van der Waals surface area contributed by atoms with Gasteiger partial charge in [-0.15, -0.1) is 0 Å². The Morgan fingerprint density at radius 2 is 1.72 bits per heavy atom. The zero-order chi connectivity index (χ0) is 12.9. The van der Waals surface area contributed by atoms with Crippen molar-refractivity contribution in [3.63, 3.8) is 0 Å². The summed E-state index contributed by atoms with van der Waals surface area (Å²) in [5.74, 6) is -0.399. The first-order valence-corrected chi connectivity index (χ1v) is 6.14. The van der Waals surface area contributed by atoms with Gasteiger partial charge in [0.1, 0.15) is 0 Å². The Kier molecular flexibility index (Phi) is 2.21. The third kappa shape index (κ3) is 1.43. The van der Waals surface area contributed by atoms with Gasteiger partial charge in [0.05, 0.1) is 6.04 Å². The molecule has 0 unspecified atom stereocenters. The highest BCUT2D eigenvalue weighted by molar-refractivity contribution is 6.13. The molecular weight excluding hydrogens is 226 g/mol. The molecule has 0 bridgehead atoms. The van der Waals surface area contributed by atoms with Crippen LogP contribution in [0.5, 0.6) is 0 Å². The van der Waals surface area contributed by atoms with Gasteiger partial charge < -0.3 is 0 Å². The van der Waals surface area contributed by atoms with Gasteiger partial charge in [-0.05, 0) is 23.0 Å². The Morgan fingerprint density at radius 3 is 2.39 bits per heavy atom. The average Bonchev–Trinajstić information content (AvgIpc) is 2.75. The maximum Gasteiger partial charge on any atom is 0.254 e. The van der Waals surface area contributed by atoms with Crippen LogP contribution in [0, 0.1) is 5.41 Å². The fourth-order valence-electron chi connectivity index (χ4n) is 3.13. The molecule has 3 nitrogen and oxygen atoms in total. The molecule has 3 rings (SSSR count). The van der Waals surface area contributed by atoms with E-state index < -0.39 is 0 Å². The van der Waals surface area contributed by atoms with Crippen molar-refractivity contribution in [1.82, 2.24) is 4.90 Å². The predicted molar refractivity (Wildman–Crippen MR) is 67.7 cm³/mol. The molecule has 0 fully saturated rings. The van der Waals surface area contributed by atoms with Crippen molar-refractivity contribution in [2.75, 3.05) is 0 Å². The third-order valence-electron chi connectivity index (χ3n) is 3.84. The van der Waals surface area contributed by atoms with Gasteiger partial charge in [0, 0.05) is 12.2 Å². The van der Waals surface area contributed by atoms with E-state index in [1.807, 2.05) is 18.2 Å². The Hall–Kier alpha value is -1.90. The summed E-state index contributed by atoms with van der Waals surface area (Å²) in [5, 5.41) is 0. The molecule has 0 saturated heterocycles. The van der Waals surface area contributed by atoms with E-state index in [2.05, 4.69) is 19.9 Å². The van der Waals surface area contributed by atoms with E-state index in [0.29, 0.717) is 0 Å². The van der Waals surface area contributed by atoms with Crippen LogP contribution >= 0.6 is 0 Å². The van der Waals surface area contributed by atoms with Crippen molar-refractivity contribution in [3.8, 4) is 0 Å². The van der Waals surface area contributed by atoms with Crippen LogP contribution < -0.4 is 0 Å². The normalized spacial score (nSPS) is 24.8. The van der Waals surface area contributed by atoms with Crippen LogP contribution in [0.25, 0.3) is 0 Å². The second kappa shape index (κ2) is 3.55. The summed E-state index contributed by atoms with van der Waals surface area (Å²) in [6.45, 7) is 4.22. The monoisotopic (exact) mass is 241 g/mol. The summed E-state index contributed by atoms with van der Waals surface area (Å²) in [6, 6.07) is 7.92. The molecule has 1 aliphatic heterocycles. The number of fused-ring (bicyclic) bond motifs is 1. The molecule has 3 heteroatoms. The minimum atomic E-state index is -0.199. The molecule has 0 aromatic heterocycles. The number of nitrogens with zero attached hydrogens (tertiary/aromatic N) is 1. The number of carbonyl (C=O) groups is 2. The molecule has 18 heavy (non-hydrogen) atoms. The Labute approximate surface area is 106 Å². The van der Waals surface area contributed by atoms with Crippen LogP contribution in [0.2, 0.25) is 0 Å². The number of carbonyl (C=O) groups excluding carboxylic acids is 2. The van der Waals surface area contributed by atoms with Crippen LogP contribution in [-0.4, -0.2) is 16.7 Å². The minimum absolute atomic E-state index is 0.110. The van der Waals surface area contributed by atoms with Crippen molar-refractivity contribution in [2.24, 2.45) is 5.41 Å². The van der Waals surface area contributed by atoms with Gasteiger partial charge in [0.15, 0.2) is 0 Å². The topological polar surface area (TPSA) is 37.4 Å². The van der Waals surface area contributed by atoms with E-state index >= 15 is 0 Å². The highest BCUT2D eigenvalue weighted by Crippen LogP contribution is 2.49. The summed E-state index contributed by atoms with van der Waals surface area (Å²) >= 11 is 0. The lowest BCUT2D eigenvalue weighted by molar-refractivity contribution is -0.142. The molecule has 0 saturated carbocycles. The molecule has 0 spiro atoms. The van der Waals surface area contributed by atoms with Crippen molar-refractivity contribution in [2.45, 2.75) is 26.3 Å². The Balaban J connectivity index is 2.10. The third-order valence-corrected chi connectivity index (χ3v) is 3.84. The fourth-order valence-corrected chi connectivity index (χ4v) is 3.13. The smallest absolute Gasteiger partial charge is 0.254 e. The minimum Gasteiger partial charge on any atom is -0.269 e. The lowest BCUT2D eigenvalue weighted by Gasteiger charge is -2.34. The molecule has 1 atom stereocenters. The van der Waals surface area contributed by atoms with E-state index in [0.717, 1.165) is 12.0 Å². The lowest BCUT2D eigenvalue weighted by Crippen LogP contribution is -2.39. The van der Waals surface area contributed by atoms with Crippen LogP contribution in [0.1, 0.15) is 31.0 Å². The first-order chi connectivity index (χ1) is 8.50. The number of hydrogen-bond acceptors (Lipinski definition) is 2. The highest BCUT2D eigenvalue weighted by atomic mass is 16.2. The second-order valence-corrected chi connectivity index (χ2v) is 5.65. The Morgan fingerprint density at radius 1 is 1.11 bits per heavy atom. The molecule has 92 valence electrons. The van der Waals surface area contributed by atoms with Crippen LogP contribution in [0.15, 0.2) is 36.4 Å². The van der Waals surface area contributed by atoms with Crippen LogP contribution in [0.4, 0.5) is 0 Å². The summed E-state index contributed by atoms with van der Waals surface area (Å²) < 4.78 is 0. The first-order valence-electron chi connectivity index (χ1n) is 6.14. The molecule has 1 aromatic carbocycles. The van der Waals surface area contributed by atoms with Gasteiger partial charge in [-0.3, -0.25) is 14.5 Å². The van der Waals surface area contributed by atoms with Gasteiger partial charge in [-0.2, -0.15) is 0 Å². The quantitative estimate of drug-likeness (QED) is 0.707. The predicted octanol–water partition coefficient (Wildman–Crippen LogP) is 2.24. The Bertz CT molecular complexity index is 554. The van der Waals surface area contributed by atoms with E-state index in [9.17, 15) is 9.59 Å². The SMILES string of the molecule is CC1(C)Cc2ccccc2[C@H]1N1C(=O)C=CC1=O. The van der Waals surface area contributed by atoms with Gasteiger partial charge >= 0.3 is 0 Å². The van der Waals surface area contributed by atoms with Gasteiger partial charge in [0.2, 0.25) is 0 Å². The van der Waals surface area contributed by atoms with E-state index in [4.69, 9.17) is 0 Å². The number of amides is 2. The van der Waals surface area contributed by atoms with Crippen molar-refractivity contribution < 1.29 is 9.59 Å². The average molecular weight is 241 g/mol. The molecular formula is C15H15NO2. The lowest BCUT2D eigenvalue weighted by atomic mass is 9.84. The molecule has 0 N–H and O–H groups in total. The number of rotatable bonds is 1. The standard InChI is InChI=1S/C15H15NO2/c1-15(2)9-10-5-3-4-6-11(10)14(15)16-12(17)7-8-13(16)18/h3-8,14H,9H2,1-2H3/t14-/m1/s1. The highest BCUT2D eigenvalue weighted by Gasteiger charge is 2.46. The van der Waals surface area contributed by atoms with E-state index in [-0.39, 0.29) is 23.3 Å². The molecule has 1 aromatic rings. The largest absolute Gasteiger partial charge is 0.269 e. The van der Waals surface area contributed by atoms with E-state index in [1.54, 1.807) is 0 Å². The maximum atomic E-state index is 11.9.